The lowest BCUT2D eigenvalue weighted by atomic mass is 9.88. The summed E-state index contributed by atoms with van der Waals surface area (Å²) < 4.78 is 0. The van der Waals surface area contributed by atoms with Crippen LogP contribution in [0.4, 0.5) is 0 Å². The Bertz CT molecular complexity index is 673. The molecule has 0 spiro atoms. The molecule has 2 aromatic rings. The molecular formula is C20H28N2. The van der Waals surface area contributed by atoms with Gasteiger partial charge in [0, 0.05) is 17.6 Å². The van der Waals surface area contributed by atoms with Gasteiger partial charge in [-0.25, -0.2) is 0 Å². The van der Waals surface area contributed by atoms with Crippen molar-refractivity contribution in [1.82, 2.24) is 10.3 Å². The second-order valence-corrected chi connectivity index (χ2v) is 6.73. The van der Waals surface area contributed by atoms with Crippen molar-refractivity contribution in [2.24, 2.45) is 0 Å². The molecule has 0 atom stereocenters. The van der Waals surface area contributed by atoms with E-state index < -0.39 is 0 Å². The van der Waals surface area contributed by atoms with E-state index in [1.807, 2.05) is 0 Å². The number of pyridine rings is 1. The number of hydrogen-bond donors (Lipinski definition) is 1. The molecule has 118 valence electrons. The highest BCUT2D eigenvalue weighted by Gasteiger charge is 2.18. The Kier molecular flexibility index (Phi) is 4.77. The lowest BCUT2D eigenvalue weighted by molar-refractivity contribution is 0.624. The summed E-state index contributed by atoms with van der Waals surface area (Å²) in [5.41, 5.74) is 8.29. The monoisotopic (exact) mass is 296 g/mol. The summed E-state index contributed by atoms with van der Waals surface area (Å²) in [6, 6.07) is 4.60. The first-order valence-corrected chi connectivity index (χ1v) is 8.83. The SMILES string of the molecule is CCCCNCc1c2c(nc3c(C)cc(C)cc13)CCCC2. The highest BCUT2D eigenvalue weighted by atomic mass is 14.8. The molecule has 0 unspecified atom stereocenters. The van der Waals surface area contributed by atoms with Gasteiger partial charge in [-0.3, -0.25) is 4.98 Å². The first-order chi connectivity index (χ1) is 10.7. The number of aryl methyl sites for hydroxylation is 3. The second kappa shape index (κ2) is 6.78. The minimum Gasteiger partial charge on any atom is -0.313 e. The molecule has 1 N–H and O–H groups in total. The molecule has 0 amide bonds. The van der Waals surface area contributed by atoms with Crippen LogP contribution in [0.25, 0.3) is 10.9 Å². The van der Waals surface area contributed by atoms with Gasteiger partial charge in [-0.15, -0.1) is 0 Å². The fourth-order valence-electron chi connectivity index (χ4n) is 3.69. The van der Waals surface area contributed by atoms with Gasteiger partial charge in [-0.2, -0.15) is 0 Å². The zero-order chi connectivity index (χ0) is 15.5. The van der Waals surface area contributed by atoms with Crippen LogP contribution in [0.2, 0.25) is 0 Å². The van der Waals surface area contributed by atoms with Gasteiger partial charge in [0.15, 0.2) is 0 Å². The highest BCUT2D eigenvalue weighted by molar-refractivity contribution is 5.87. The highest BCUT2D eigenvalue weighted by Crippen LogP contribution is 2.31. The lowest BCUT2D eigenvalue weighted by Gasteiger charge is -2.22. The average Bonchev–Trinajstić information content (AvgIpc) is 2.51. The molecule has 1 aliphatic rings. The summed E-state index contributed by atoms with van der Waals surface area (Å²) in [5.74, 6) is 0. The third kappa shape index (κ3) is 3.03. The molecule has 0 saturated heterocycles. The number of nitrogens with zero attached hydrogens (tertiary/aromatic N) is 1. The fraction of sp³-hybridized carbons (Fsp3) is 0.550. The van der Waals surface area contributed by atoms with E-state index in [4.69, 9.17) is 4.98 Å². The summed E-state index contributed by atoms with van der Waals surface area (Å²) in [5, 5.41) is 5.03. The van der Waals surface area contributed by atoms with Crippen LogP contribution >= 0.6 is 0 Å². The van der Waals surface area contributed by atoms with E-state index in [0.29, 0.717) is 0 Å². The van der Waals surface area contributed by atoms with Gasteiger partial charge in [0.25, 0.3) is 0 Å². The summed E-state index contributed by atoms with van der Waals surface area (Å²) in [7, 11) is 0. The van der Waals surface area contributed by atoms with Crippen LogP contribution < -0.4 is 5.32 Å². The molecule has 2 nitrogen and oxygen atoms in total. The van der Waals surface area contributed by atoms with Crippen molar-refractivity contribution in [1.29, 1.82) is 0 Å². The molecule has 0 aliphatic heterocycles. The van der Waals surface area contributed by atoms with E-state index in [0.717, 1.165) is 19.5 Å². The number of nitrogens with one attached hydrogen (secondary N) is 1. The molecule has 0 saturated carbocycles. The number of fused-ring (bicyclic) bond motifs is 2. The quantitative estimate of drug-likeness (QED) is 0.814. The zero-order valence-electron chi connectivity index (χ0n) is 14.3. The molecular weight excluding hydrogens is 268 g/mol. The second-order valence-electron chi connectivity index (χ2n) is 6.73. The molecule has 0 radical (unpaired) electrons. The van der Waals surface area contributed by atoms with Crippen LogP contribution in [0, 0.1) is 13.8 Å². The zero-order valence-corrected chi connectivity index (χ0v) is 14.3. The van der Waals surface area contributed by atoms with Crippen molar-refractivity contribution in [2.45, 2.75) is 65.8 Å². The molecule has 1 aliphatic carbocycles. The Morgan fingerprint density at radius 1 is 1.14 bits per heavy atom. The first-order valence-electron chi connectivity index (χ1n) is 8.83. The number of unbranched alkanes of at least 4 members (excludes halogenated alkanes) is 1. The Morgan fingerprint density at radius 3 is 2.77 bits per heavy atom. The van der Waals surface area contributed by atoms with Gasteiger partial charge < -0.3 is 5.32 Å². The summed E-state index contributed by atoms with van der Waals surface area (Å²) in [6.07, 6.45) is 7.46. The van der Waals surface area contributed by atoms with E-state index >= 15 is 0 Å². The summed E-state index contributed by atoms with van der Waals surface area (Å²) in [6.45, 7) is 8.74. The Labute approximate surface area is 134 Å². The van der Waals surface area contributed by atoms with Crippen molar-refractivity contribution in [3.63, 3.8) is 0 Å². The van der Waals surface area contributed by atoms with Crippen LogP contribution in [0.15, 0.2) is 12.1 Å². The van der Waals surface area contributed by atoms with E-state index in [1.54, 1.807) is 0 Å². The molecule has 1 heterocycles. The van der Waals surface area contributed by atoms with E-state index in [-0.39, 0.29) is 0 Å². The van der Waals surface area contributed by atoms with Crippen LogP contribution in [0.3, 0.4) is 0 Å². The first kappa shape index (κ1) is 15.5. The molecule has 0 fully saturated rings. The van der Waals surface area contributed by atoms with Crippen LogP contribution in [0.5, 0.6) is 0 Å². The van der Waals surface area contributed by atoms with Crippen molar-refractivity contribution in [3.8, 4) is 0 Å². The van der Waals surface area contributed by atoms with Gasteiger partial charge in [-0.1, -0.05) is 25.0 Å². The third-order valence-electron chi connectivity index (χ3n) is 4.83. The Balaban J connectivity index is 2.08. The predicted molar refractivity (Wildman–Crippen MR) is 94.5 cm³/mol. The number of aromatic nitrogens is 1. The van der Waals surface area contributed by atoms with Gasteiger partial charge in [0.05, 0.1) is 5.52 Å². The average molecular weight is 296 g/mol. The maximum Gasteiger partial charge on any atom is 0.0738 e. The molecule has 1 aromatic heterocycles. The largest absolute Gasteiger partial charge is 0.313 e. The van der Waals surface area contributed by atoms with E-state index in [1.165, 1.54) is 71.0 Å². The van der Waals surface area contributed by atoms with Crippen LogP contribution in [-0.2, 0) is 19.4 Å². The molecule has 3 rings (SSSR count). The third-order valence-corrected chi connectivity index (χ3v) is 4.83. The van der Waals surface area contributed by atoms with Gasteiger partial charge in [-0.05, 0) is 75.3 Å². The topological polar surface area (TPSA) is 24.9 Å². The smallest absolute Gasteiger partial charge is 0.0738 e. The van der Waals surface area contributed by atoms with E-state index in [9.17, 15) is 0 Å². The van der Waals surface area contributed by atoms with Crippen molar-refractivity contribution >= 4 is 10.9 Å². The molecule has 2 heteroatoms. The minimum atomic E-state index is 0.990. The number of benzene rings is 1. The normalized spacial score (nSPS) is 14.3. The standard InChI is InChI=1S/C20H28N2/c1-4-5-10-21-13-18-16-8-6-7-9-19(16)22-20-15(3)11-14(2)12-17(18)20/h11-12,21H,4-10,13H2,1-3H3. The molecule has 1 aromatic carbocycles. The van der Waals surface area contributed by atoms with E-state index in [2.05, 4.69) is 38.2 Å². The van der Waals surface area contributed by atoms with Gasteiger partial charge in [0.1, 0.15) is 0 Å². The maximum atomic E-state index is 5.03. The van der Waals surface area contributed by atoms with Crippen LogP contribution in [0.1, 0.15) is 60.6 Å². The van der Waals surface area contributed by atoms with Gasteiger partial charge in [0.2, 0.25) is 0 Å². The number of rotatable bonds is 5. The van der Waals surface area contributed by atoms with Crippen molar-refractivity contribution in [2.75, 3.05) is 6.54 Å². The Hall–Kier alpha value is -1.41. The minimum absolute atomic E-state index is 0.990. The van der Waals surface area contributed by atoms with Gasteiger partial charge >= 0.3 is 0 Å². The lowest BCUT2D eigenvalue weighted by Crippen LogP contribution is -2.19. The summed E-state index contributed by atoms with van der Waals surface area (Å²) in [4.78, 5) is 5.03. The molecule has 0 bridgehead atoms. The maximum absolute atomic E-state index is 5.03. The van der Waals surface area contributed by atoms with Crippen molar-refractivity contribution < 1.29 is 0 Å². The fourth-order valence-corrected chi connectivity index (χ4v) is 3.69. The molecule has 22 heavy (non-hydrogen) atoms. The Morgan fingerprint density at radius 2 is 1.95 bits per heavy atom. The predicted octanol–water partition coefficient (Wildman–Crippen LogP) is 4.62. The van der Waals surface area contributed by atoms with Crippen molar-refractivity contribution in [3.05, 3.63) is 40.1 Å². The van der Waals surface area contributed by atoms with Crippen LogP contribution in [-0.4, -0.2) is 11.5 Å². The number of hydrogen-bond acceptors (Lipinski definition) is 2. The summed E-state index contributed by atoms with van der Waals surface area (Å²) >= 11 is 0.